The van der Waals surface area contributed by atoms with Gasteiger partial charge in [-0.05, 0) is 7.05 Å². The molecule has 3 heteroatoms. The largest absolute Gasteiger partial charge is 0.378 e. The quantitative estimate of drug-likeness (QED) is 0.586. The van der Waals surface area contributed by atoms with Gasteiger partial charge in [0.1, 0.15) is 5.67 Å². The van der Waals surface area contributed by atoms with Crippen molar-refractivity contribution in [3.05, 3.63) is 0 Å². The van der Waals surface area contributed by atoms with Gasteiger partial charge in [0.05, 0.1) is 6.61 Å². The molecule has 0 aromatic carbocycles. The van der Waals surface area contributed by atoms with Crippen molar-refractivity contribution in [1.29, 1.82) is 0 Å². The zero-order valence-corrected chi connectivity index (χ0v) is 5.61. The van der Waals surface area contributed by atoms with Gasteiger partial charge < -0.3 is 10.1 Å². The number of nitrogens with one attached hydrogen (secondary N) is 1. The predicted octanol–water partition coefficient (Wildman–Crippen LogP) is 0.334. The van der Waals surface area contributed by atoms with Crippen LogP contribution < -0.4 is 5.32 Å². The molecule has 9 heavy (non-hydrogen) atoms. The van der Waals surface area contributed by atoms with Gasteiger partial charge in [-0.15, -0.1) is 0 Å². The maximum Gasteiger partial charge on any atom is 0.148 e. The zero-order chi connectivity index (χ0) is 6.74. The molecule has 1 atom stereocenters. The van der Waals surface area contributed by atoms with E-state index in [0.29, 0.717) is 19.6 Å². The molecule has 0 bridgehead atoms. The predicted molar refractivity (Wildman–Crippen MR) is 33.2 cm³/mol. The van der Waals surface area contributed by atoms with Gasteiger partial charge in [-0.3, -0.25) is 0 Å². The summed E-state index contributed by atoms with van der Waals surface area (Å²) in [5.41, 5.74) is -1.09. The van der Waals surface area contributed by atoms with E-state index in [0.717, 1.165) is 0 Å². The summed E-state index contributed by atoms with van der Waals surface area (Å²) in [7, 11) is 1.75. The average Bonchev–Trinajstić information content (AvgIpc) is 2.16. The Balaban J connectivity index is 2.32. The van der Waals surface area contributed by atoms with Crippen molar-refractivity contribution in [3.8, 4) is 0 Å². The molecule has 2 nitrogen and oxygen atoms in total. The van der Waals surface area contributed by atoms with Crippen molar-refractivity contribution in [2.24, 2.45) is 0 Å². The summed E-state index contributed by atoms with van der Waals surface area (Å²) < 4.78 is 18.0. The average molecular weight is 133 g/mol. The fourth-order valence-corrected chi connectivity index (χ4v) is 1.04. The first-order valence-corrected chi connectivity index (χ1v) is 3.18. The zero-order valence-electron chi connectivity index (χ0n) is 5.61. The second kappa shape index (κ2) is 2.62. The van der Waals surface area contributed by atoms with E-state index < -0.39 is 5.67 Å². The molecule has 1 unspecified atom stereocenters. The number of rotatable bonds is 2. The number of hydrogen-bond donors (Lipinski definition) is 1. The SMILES string of the molecule is CNCC1(F)CCOC1. The number of halogens is 1. The molecule has 0 radical (unpaired) electrons. The smallest absolute Gasteiger partial charge is 0.148 e. The molecule has 1 aliphatic heterocycles. The third kappa shape index (κ3) is 1.63. The molecule has 0 saturated carbocycles. The summed E-state index contributed by atoms with van der Waals surface area (Å²) in [6.07, 6.45) is 0.536. The maximum absolute atomic E-state index is 13.1. The molecule has 0 aliphatic carbocycles. The molecule has 1 aliphatic rings. The molecular weight excluding hydrogens is 121 g/mol. The first-order chi connectivity index (χ1) is 4.27. The highest BCUT2D eigenvalue weighted by molar-refractivity contribution is 4.84. The van der Waals surface area contributed by atoms with Crippen molar-refractivity contribution in [2.45, 2.75) is 12.1 Å². The highest BCUT2D eigenvalue weighted by Crippen LogP contribution is 2.21. The van der Waals surface area contributed by atoms with Gasteiger partial charge in [0.15, 0.2) is 0 Å². The summed E-state index contributed by atoms with van der Waals surface area (Å²) in [6.45, 7) is 1.24. The van der Waals surface area contributed by atoms with Crippen molar-refractivity contribution in [3.63, 3.8) is 0 Å². The molecule has 0 amide bonds. The van der Waals surface area contributed by atoms with E-state index in [2.05, 4.69) is 5.32 Å². The second-order valence-corrected chi connectivity index (χ2v) is 2.48. The van der Waals surface area contributed by atoms with Gasteiger partial charge >= 0.3 is 0 Å². The lowest BCUT2D eigenvalue weighted by Gasteiger charge is -2.15. The Kier molecular flexibility index (Phi) is 2.03. The topological polar surface area (TPSA) is 21.3 Å². The van der Waals surface area contributed by atoms with Crippen LogP contribution in [0.1, 0.15) is 6.42 Å². The fourth-order valence-electron chi connectivity index (χ4n) is 1.04. The second-order valence-electron chi connectivity index (χ2n) is 2.48. The molecule has 54 valence electrons. The van der Waals surface area contributed by atoms with E-state index in [1.165, 1.54) is 0 Å². The van der Waals surface area contributed by atoms with Gasteiger partial charge in [0, 0.05) is 19.6 Å². The Labute approximate surface area is 54.4 Å². The minimum Gasteiger partial charge on any atom is -0.378 e. The summed E-state index contributed by atoms with van der Waals surface area (Å²) >= 11 is 0. The van der Waals surface area contributed by atoms with E-state index in [1.807, 2.05) is 0 Å². The Hall–Kier alpha value is -0.150. The lowest BCUT2D eigenvalue weighted by atomic mass is 10.1. The minimum absolute atomic E-state index is 0.258. The third-order valence-electron chi connectivity index (χ3n) is 1.55. The van der Waals surface area contributed by atoms with Crippen LogP contribution in [0.25, 0.3) is 0 Å². The Morgan fingerprint density at radius 1 is 1.78 bits per heavy atom. The monoisotopic (exact) mass is 133 g/mol. The Morgan fingerprint density at radius 2 is 2.56 bits per heavy atom. The van der Waals surface area contributed by atoms with Crippen LogP contribution in [0.5, 0.6) is 0 Å². The lowest BCUT2D eigenvalue weighted by Crippen LogP contribution is -2.35. The van der Waals surface area contributed by atoms with Crippen LogP contribution in [0, 0.1) is 0 Å². The molecule has 1 fully saturated rings. The molecule has 0 aromatic rings. The first kappa shape index (κ1) is 6.96. The van der Waals surface area contributed by atoms with E-state index >= 15 is 0 Å². The van der Waals surface area contributed by atoms with E-state index in [9.17, 15) is 4.39 Å². The molecule has 1 saturated heterocycles. The van der Waals surface area contributed by atoms with Crippen LogP contribution in [0.15, 0.2) is 0 Å². The van der Waals surface area contributed by atoms with Crippen molar-refractivity contribution < 1.29 is 9.13 Å². The van der Waals surface area contributed by atoms with Gasteiger partial charge in [-0.1, -0.05) is 0 Å². The van der Waals surface area contributed by atoms with Crippen LogP contribution in [-0.2, 0) is 4.74 Å². The summed E-state index contributed by atoms with van der Waals surface area (Å²) in [6, 6.07) is 0. The van der Waals surface area contributed by atoms with Crippen molar-refractivity contribution in [1.82, 2.24) is 5.32 Å². The highest BCUT2D eigenvalue weighted by Gasteiger charge is 2.33. The van der Waals surface area contributed by atoms with Crippen molar-refractivity contribution in [2.75, 3.05) is 26.8 Å². The maximum atomic E-state index is 13.1. The lowest BCUT2D eigenvalue weighted by molar-refractivity contribution is 0.113. The van der Waals surface area contributed by atoms with E-state index in [4.69, 9.17) is 4.74 Å². The molecular formula is C6H12FNO. The third-order valence-corrected chi connectivity index (χ3v) is 1.55. The van der Waals surface area contributed by atoms with Crippen LogP contribution >= 0.6 is 0 Å². The van der Waals surface area contributed by atoms with Crippen LogP contribution in [-0.4, -0.2) is 32.5 Å². The van der Waals surface area contributed by atoms with Gasteiger partial charge in [-0.2, -0.15) is 0 Å². The van der Waals surface area contributed by atoms with Gasteiger partial charge in [0.25, 0.3) is 0 Å². The number of hydrogen-bond acceptors (Lipinski definition) is 2. The summed E-state index contributed by atoms with van der Waals surface area (Å²) in [4.78, 5) is 0. The molecule has 1 rings (SSSR count). The normalized spacial score (nSPS) is 35.3. The molecule has 1 heterocycles. The number of ether oxygens (including phenoxy) is 1. The Morgan fingerprint density at radius 3 is 3.00 bits per heavy atom. The van der Waals surface area contributed by atoms with Crippen LogP contribution in [0.3, 0.4) is 0 Å². The van der Waals surface area contributed by atoms with E-state index in [1.54, 1.807) is 7.05 Å². The summed E-state index contributed by atoms with van der Waals surface area (Å²) in [5, 5.41) is 2.80. The first-order valence-electron chi connectivity index (χ1n) is 3.18. The fraction of sp³-hybridized carbons (Fsp3) is 1.00. The van der Waals surface area contributed by atoms with Crippen molar-refractivity contribution >= 4 is 0 Å². The number of alkyl halides is 1. The van der Waals surface area contributed by atoms with Gasteiger partial charge in [0.2, 0.25) is 0 Å². The highest BCUT2D eigenvalue weighted by atomic mass is 19.1. The van der Waals surface area contributed by atoms with E-state index in [-0.39, 0.29) is 6.61 Å². The standard InChI is InChI=1S/C6H12FNO/c1-8-4-6(7)2-3-9-5-6/h8H,2-5H2,1H3. The molecule has 0 spiro atoms. The minimum atomic E-state index is -1.09. The summed E-state index contributed by atoms with van der Waals surface area (Å²) in [5.74, 6) is 0. The molecule has 0 aromatic heterocycles. The molecule has 1 N–H and O–H groups in total. The van der Waals surface area contributed by atoms with Crippen LogP contribution in [0.4, 0.5) is 4.39 Å². The van der Waals surface area contributed by atoms with Crippen LogP contribution in [0.2, 0.25) is 0 Å². The van der Waals surface area contributed by atoms with Gasteiger partial charge in [-0.25, -0.2) is 4.39 Å². The Bertz CT molecular complexity index is 91.1.